The lowest BCUT2D eigenvalue weighted by molar-refractivity contribution is 1.43. The SMILES string of the molecule is Cc1ccc2c(C)c(Br)ccc2c1Br. The quantitative estimate of drug-likeness (QED) is 0.643. The number of fused-ring (bicyclic) bond motifs is 1. The van der Waals surface area contributed by atoms with Crippen molar-refractivity contribution in [3.8, 4) is 0 Å². The molecule has 2 aromatic carbocycles. The minimum Gasteiger partial charge on any atom is -0.0576 e. The maximum Gasteiger partial charge on any atom is 0.0283 e. The van der Waals surface area contributed by atoms with Gasteiger partial charge in [-0.15, -0.1) is 0 Å². The first-order valence-corrected chi connectivity index (χ1v) is 6.04. The molecule has 14 heavy (non-hydrogen) atoms. The summed E-state index contributed by atoms with van der Waals surface area (Å²) in [6.45, 7) is 4.25. The van der Waals surface area contributed by atoms with E-state index in [0.717, 1.165) is 0 Å². The molecule has 0 atom stereocenters. The molecule has 72 valence electrons. The minimum absolute atomic E-state index is 1.17. The largest absolute Gasteiger partial charge is 0.0576 e. The third-order valence-corrected chi connectivity index (χ3v) is 4.44. The molecule has 0 amide bonds. The highest BCUT2D eigenvalue weighted by molar-refractivity contribution is 9.11. The van der Waals surface area contributed by atoms with Crippen molar-refractivity contribution in [3.63, 3.8) is 0 Å². The molecule has 0 saturated carbocycles. The number of aryl methyl sites for hydroxylation is 2. The van der Waals surface area contributed by atoms with Gasteiger partial charge in [0.15, 0.2) is 0 Å². The van der Waals surface area contributed by atoms with E-state index in [1.807, 2.05) is 0 Å². The summed E-state index contributed by atoms with van der Waals surface area (Å²) in [7, 11) is 0. The smallest absolute Gasteiger partial charge is 0.0283 e. The predicted octanol–water partition coefficient (Wildman–Crippen LogP) is 4.98. The topological polar surface area (TPSA) is 0 Å². The third-order valence-electron chi connectivity index (χ3n) is 2.53. The van der Waals surface area contributed by atoms with E-state index in [9.17, 15) is 0 Å². The van der Waals surface area contributed by atoms with Crippen molar-refractivity contribution < 1.29 is 0 Å². The lowest BCUT2D eigenvalue weighted by Gasteiger charge is -2.08. The van der Waals surface area contributed by atoms with E-state index >= 15 is 0 Å². The zero-order valence-corrected chi connectivity index (χ0v) is 11.2. The molecule has 0 radical (unpaired) electrons. The highest BCUT2D eigenvalue weighted by Crippen LogP contribution is 2.32. The number of hydrogen-bond acceptors (Lipinski definition) is 0. The van der Waals surface area contributed by atoms with Crippen LogP contribution in [-0.4, -0.2) is 0 Å². The van der Waals surface area contributed by atoms with E-state index in [1.165, 1.54) is 30.8 Å². The van der Waals surface area contributed by atoms with Crippen LogP contribution in [0.2, 0.25) is 0 Å². The van der Waals surface area contributed by atoms with Gasteiger partial charge in [-0.05, 0) is 57.7 Å². The second-order valence-electron chi connectivity index (χ2n) is 3.46. The molecule has 0 aliphatic heterocycles. The Bertz CT molecular complexity index is 454. The van der Waals surface area contributed by atoms with Gasteiger partial charge < -0.3 is 0 Å². The van der Waals surface area contributed by atoms with E-state index in [4.69, 9.17) is 0 Å². The monoisotopic (exact) mass is 312 g/mol. The molecule has 0 aliphatic rings. The van der Waals surface area contributed by atoms with Crippen LogP contribution in [0.15, 0.2) is 33.2 Å². The van der Waals surface area contributed by atoms with Crippen LogP contribution in [0.5, 0.6) is 0 Å². The molecule has 0 nitrogen and oxygen atoms in total. The van der Waals surface area contributed by atoms with Crippen LogP contribution < -0.4 is 0 Å². The molecular weight excluding hydrogens is 304 g/mol. The minimum atomic E-state index is 1.17. The van der Waals surface area contributed by atoms with Crippen molar-refractivity contribution in [1.29, 1.82) is 0 Å². The maximum absolute atomic E-state index is 3.62. The van der Waals surface area contributed by atoms with Crippen LogP contribution in [-0.2, 0) is 0 Å². The lowest BCUT2D eigenvalue weighted by Crippen LogP contribution is -1.84. The van der Waals surface area contributed by atoms with Crippen molar-refractivity contribution in [2.45, 2.75) is 13.8 Å². The summed E-state index contributed by atoms with van der Waals surface area (Å²) in [4.78, 5) is 0. The Kier molecular flexibility index (Phi) is 2.67. The molecule has 2 aromatic rings. The second-order valence-corrected chi connectivity index (χ2v) is 5.11. The van der Waals surface area contributed by atoms with Crippen molar-refractivity contribution in [2.75, 3.05) is 0 Å². The van der Waals surface area contributed by atoms with Gasteiger partial charge >= 0.3 is 0 Å². The Morgan fingerprint density at radius 2 is 1.50 bits per heavy atom. The van der Waals surface area contributed by atoms with E-state index in [1.54, 1.807) is 0 Å². The van der Waals surface area contributed by atoms with Crippen LogP contribution >= 0.6 is 31.9 Å². The fourth-order valence-electron chi connectivity index (χ4n) is 1.60. The van der Waals surface area contributed by atoms with E-state index in [2.05, 4.69) is 70.0 Å². The van der Waals surface area contributed by atoms with Gasteiger partial charge in [0.05, 0.1) is 0 Å². The summed E-state index contributed by atoms with van der Waals surface area (Å²) in [5, 5.41) is 2.59. The number of hydrogen-bond donors (Lipinski definition) is 0. The standard InChI is InChI=1S/C12H10Br2/c1-7-3-4-9-8(2)11(13)6-5-10(9)12(7)14/h3-6H,1-2H3. The first-order chi connectivity index (χ1) is 6.61. The van der Waals surface area contributed by atoms with Crippen LogP contribution in [0.25, 0.3) is 10.8 Å². The number of rotatable bonds is 0. The van der Waals surface area contributed by atoms with E-state index < -0.39 is 0 Å². The van der Waals surface area contributed by atoms with Gasteiger partial charge in [-0.25, -0.2) is 0 Å². The normalized spacial score (nSPS) is 10.9. The molecule has 0 aromatic heterocycles. The van der Waals surface area contributed by atoms with Crippen molar-refractivity contribution in [3.05, 3.63) is 44.3 Å². The van der Waals surface area contributed by atoms with Gasteiger partial charge in [-0.1, -0.05) is 34.1 Å². The van der Waals surface area contributed by atoms with Gasteiger partial charge in [-0.2, -0.15) is 0 Å². The lowest BCUT2D eigenvalue weighted by atomic mass is 10.0. The predicted molar refractivity (Wildman–Crippen MR) is 68.8 cm³/mol. The highest BCUT2D eigenvalue weighted by Gasteiger charge is 2.05. The van der Waals surface area contributed by atoms with Crippen LogP contribution in [0.1, 0.15) is 11.1 Å². The third kappa shape index (κ3) is 1.51. The second kappa shape index (κ2) is 3.67. The summed E-state index contributed by atoms with van der Waals surface area (Å²) in [6.07, 6.45) is 0. The zero-order valence-electron chi connectivity index (χ0n) is 8.07. The summed E-state index contributed by atoms with van der Waals surface area (Å²) >= 11 is 7.17. The Morgan fingerprint density at radius 1 is 0.857 bits per heavy atom. The molecule has 0 spiro atoms. The van der Waals surface area contributed by atoms with Gasteiger partial charge in [0, 0.05) is 8.95 Å². The molecule has 0 N–H and O–H groups in total. The van der Waals surface area contributed by atoms with E-state index in [-0.39, 0.29) is 0 Å². The zero-order chi connectivity index (χ0) is 10.3. The Morgan fingerprint density at radius 3 is 2.21 bits per heavy atom. The molecule has 0 unspecified atom stereocenters. The van der Waals surface area contributed by atoms with Crippen LogP contribution in [0, 0.1) is 13.8 Å². The molecule has 0 fully saturated rings. The van der Waals surface area contributed by atoms with Gasteiger partial charge in [0.2, 0.25) is 0 Å². The van der Waals surface area contributed by atoms with Crippen LogP contribution in [0.4, 0.5) is 0 Å². The summed E-state index contributed by atoms with van der Waals surface area (Å²) in [6, 6.07) is 8.56. The number of halogens is 2. The summed E-state index contributed by atoms with van der Waals surface area (Å²) in [5.74, 6) is 0. The Hall–Kier alpha value is -0.340. The van der Waals surface area contributed by atoms with Crippen molar-refractivity contribution in [2.24, 2.45) is 0 Å². The molecule has 0 bridgehead atoms. The summed E-state index contributed by atoms with van der Waals surface area (Å²) < 4.78 is 2.37. The fourth-order valence-corrected chi connectivity index (χ4v) is 2.43. The molecule has 2 rings (SSSR count). The molecule has 0 aliphatic carbocycles. The average molecular weight is 314 g/mol. The molecule has 0 saturated heterocycles. The van der Waals surface area contributed by atoms with Crippen molar-refractivity contribution >= 4 is 42.6 Å². The molecule has 2 heteroatoms. The summed E-state index contributed by atoms with van der Waals surface area (Å²) in [5.41, 5.74) is 2.57. The Labute approximate surface area is 101 Å². The van der Waals surface area contributed by atoms with Gasteiger partial charge in [0.1, 0.15) is 0 Å². The average Bonchev–Trinajstić information content (AvgIpc) is 2.17. The van der Waals surface area contributed by atoms with Crippen molar-refractivity contribution in [1.82, 2.24) is 0 Å². The maximum atomic E-state index is 3.62. The molecular formula is C12H10Br2. The van der Waals surface area contributed by atoms with E-state index in [0.29, 0.717) is 0 Å². The molecule has 0 heterocycles. The van der Waals surface area contributed by atoms with Crippen LogP contribution in [0.3, 0.4) is 0 Å². The van der Waals surface area contributed by atoms with Gasteiger partial charge in [0.25, 0.3) is 0 Å². The first-order valence-electron chi connectivity index (χ1n) is 4.45. The first kappa shape index (κ1) is 10.2. The Balaban J connectivity index is 2.94. The fraction of sp³-hybridized carbons (Fsp3) is 0.167. The van der Waals surface area contributed by atoms with Gasteiger partial charge in [-0.3, -0.25) is 0 Å². The highest BCUT2D eigenvalue weighted by atomic mass is 79.9. The number of benzene rings is 2.